The lowest BCUT2D eigenvalue weighted by molar-refractivity contribution is -0.137. The number of hydrogen-bond donors (Lipinski definition) is 0. The lowest BCUT2D eigenvalue weighted by atomic mass is 10.0. The molecule has 1 aliphatic heterocycles. The number of halogens is 4. The van der Waals surface area contributed by atoms with Gasteiger partial charge < -0.3 is 9.80 Å². The van der Waals surface area contributed by atoms with E-state index in [-0.39, 0.29) is 16.9 Å². The molecule has 0 N–H and O–H groups in total. The minimum absolute atomic E-state index is 0.0290. The van der Waals surface area contributed by atoms with Crippen LogP contribution < -0.4 is 10.5 Å². The highest BCUT2D eigenvalue weighted by Gasteiger charge is 2.31. The Bertz CT molecular complexity index is 1120. The second kappa shape index (κ2) is 8.32. The van der Waals surface area contributed by atoms with Crippen LogP contribution in [0.25, 0.3) is 5.82 Å². The maximum Gasteiger partial charge on any atom is 0.417 e. The van der Waals surface area contributed by atoms with E-state index in [4.69, 9.17) is 11.6 Å². The standard InChI is InChI=1S/C21H19ClF3N5O/c1-28-9-10-29(17(13-28)14-5-3-2-4-6-14)16-12-27-30(20(31)19(16)22)18-8-7-15(11-26-18)21(23,24)25/h2-8,11-12,17H,9-10,13H2,1H3/t17-/m1/s1. The van der Waals surface area contributed by atoms with Crippen LogP contribution in [0, 0.1) is 0 Å². The zero-order chi connectivity index (χ0) is 22.2. The Balaban J connectivity index is 1.70. The van der Waals surface area contributed by atoms with Crippen LogP contribution in [-0.2, 0) is 6.18 Å². The van der Waals surface area contributed by atoms with Crippen molar-refractivity contribution in [1.82, 2.24) is 19.7 Å². The summed E-state index contributed by atoms with van der Waals surface area (Å²) in [6.45, 7) is 2.16. The van der Waals surface area contributed by atoms with Gasteiger partial charge in [0.2, 0.25) is 0 Å². The third-order valence-electron chi connectivity index (χ3n) is 5.27. The van der Waals surface area contributed by atoms with E-state index in [1.165, 1.54) is 6.20 Å². The topological polar surface area (TPSA) is 54.3 Å². The maximum absolute atomic E-state index is 12.9. The largest absolute Gasteiger partial charge is 0.417 e. The highest BCUT2D eigenvalue weighted by atomic mass is 35.5. The summed E-state index contributed by atoms with van der Waals surface area (Å²) in [4.78, 5) is 20.9. The third kappa shape index (κ3) is 4.28. The Labute approximate surface area is 181 Å². The number of nitrogens with zero attached hydrogens (tertiary/aromatic N) is 5. The van der Waals surface area contributed by atoms with Gasteiger partial charge in [0.05, 0.1) is 23.5 Å². The van der Waals surface area contributed by atoms with Crippen molar-refractivity contribution in [1.29, 1.82) is 0 Å². The fourth-order valence-electron chi connectivity index (χ4n) is 3.63. The molecule has 1 fully saturated rings. The normalized spacial score (nSPS) is 17.7. The van der Waals surface area contributed by atoms with Crippen LogP contribution in [0.1, 0.15) is 17.2 Å². The number of rotatable bonds is 3. The number of pyridine rings is 1. The van der Waals surface area contributed by atoms with E-state index in [1.807, 2.05) is 42.3 Å². The molecule has 0 saturated carbocycles. The van der Waals surface area contributed by atoms with Crippen molar-refractivity contribution in [2.75, 3.05) is 31.6 Å². The summed E-state index contributed by atoms with van der Waals surface area (Å²) >= 11 is 6.44. The molecule has 2 aromatic heterocycles. The smallest absolute Gasteiger partial charge is 0.359 e. The van der Waals surface area contributed by atoms with Crippen molar-refractivity contribution < 1.29 is 13.2 Å². The van der Waals surface area contributed by atoms with Gasteiger partial charge >= 0.3 is 6.18 Å². The molecule has 3 aromatic rings. The molecule has 1 aliphatic rings. The molecule has 0 aliphatic carbocycles. The minimum atomic E-state index is -4.51. The molecule has 10 heteroatoms. The molecular formula is C21H19ClF3N5O. The van der Waals surface area contributed by atoms with Gasteiger partial charge in [0.25, 0.3) is 5.56 Å². The number of likely N-dealkylation sites (N-methyl/N-ethyl adjacent to an activating group) is 1. The fourth-order valence-corrected chi connectivity index (χ4v) is 3.87. The third-order valence-corrected chi connectivity index (χ3v) is 5.63. The summed E-state index contributed by atoms with van der Waals surface area (Å²) in [6, 6.07) is 11.8. The SMILES string of the molecule is CN1CCN(c2cnn(-c3ccc(C(F)(F)F)cn3)c(=O)c2Cl)[C@@H](c2ccccc2)C1. The summed E-state index contributed by atoms with van der Waals surface area (Å²) in [5.41, 5.74) is 0.0165. The van der Waals surface area contributed by atoms with Gasteiger partial charge in [-0.25, -0.2) is 4.98 Å². The zero-order valence-corrected chi connectivity index (χ0v) is 17.3. The van der Waals surface area contributed by atoms with E-state index in [2.05, 4.69) is 15.0 Å². The van der Waals surface area contributed by atoms with E-state index in [0.29, 0.717) is 18.4 Å². The molecule has 162 valence electrons. The lowest BCUT2D eigenvalue weighted by Gasteiger charge is -2.41. The lowest BCUT2D eigenvalue weighted by Crippen LogP contribution is -2.47. The second-order valence-corrected chi connectivity index (χ2v) is 7.72. The van der Waals surface area contributed by atoms with Gasteiger partial charge in [0.1, 0.15) is 5.02 Å². The van der Waals surface area contributed by atoms with Crippen LogP contribution in [0.15, 0.2) is 59.7 Å². The Kier molecular flexibility index (Phi) is 5.72. The summed E-state index contributed by atoms with van der Waals surface area (Å²) in [6.07, 6.45) is -2.39. The van der Waals surface area contributed by atoms with Crippen molar-refractivity contribution in [3.05, 3.63) is 81.4 Å². The van der Waals surface area contributed by atoms with Gasteiger partial charge in [-0.15, -0.1) is 0 Å². The Morgan fingerprint density at radius 2 is 1.81 bits per heavy atom. The van der Waals surface area contributed by atoms with Gasteiger partial charge in [0, 0.05) is 25.8 Å². The average Bonchev–Trinajstić information content (AvgIpc) is 2.76. The second-order valence-electron chi connectivity index (χ2n) is 7.35. The highest BCUT2D eigenvalue weighted by Crippen LogP contribution is 2.33. The number of aromatic nitrogens is 3. The fraction of sp³-hybridized carbons (Fsp3) is 0.286. The first-order chi connectivity index (χ1) is 14.8. The van der Waals surface area contributed by atoms with Gasteiger partial charge in [-0.05, 0) is 24.7 Å². The van der Waals surface area contributed by atoms with Gasteiger partial charge in [-0.1, -0.05) is 41.9 Å². The van der Waals surface area contributed by atoms with E-state index < -0.39 is 17.3 Å². The summed E-state index contributed by atoms with van der Waals surface area (Å²) in [5.74, 6) is -0.0376. The Morgan fingerprint density at radius 3 is 2.45 bits per heavy atom. The Hall–Kier alpha value is -2.91. The molecule has 1 atom stereocenters. The van der Waals surface area contributed by atoms with Crippen LogP contribution in [0.5, 0.6) is 0 Å². The van der Waals surface area contributed by atoms with Crippen molar-refractivity contribution in [2.45, 2.75) is 12.2 Å². The first-order valence-electron chi connectivity index (χ1n) is 9.57. The minimum Gasteiger partial charge on any atom is -0.359 e. The average molecular weight is 450 g/mol. The molecule has 6 nitrogen and oxygen atoms in total. The van der Waals surface area contributed by atoms with E-state index >= 15 is 0 Å². The van der Waals surface area contributed by atoms with Crippen molar-refractivity contribution in [3.8, 4) is 5.82 Å². The molecule has 4 rings (SSSR count). The Morgan fingerprint density at radius 1 is 1.06 bits per heavy atom. The molecule has 1 saturated heterocycles. The number of anilines is 1. The van der Waals surface area contributed by atoms with Crippen molar-refractivity contribution >= 4 is 17.3 Å². The molecule has 1 aromatic carbocycles. The van der Waals surface area contributed by atoms with E-state index in [1.54, 1.807) is 0 Å². The molecule has 0 radical (unpaired) electrons. The number of benzene rings is 1. The monoisotopic (exact) mass is 449 g/mol. The first kappa shape index (κ1) is 21.3. The van der Waals surface area contributed by atoms with Gasteiger partial charge in [0.15, 0.2) is 5.82 Å². The van der Waals surface area contributed by atoms with Gasteiger partial charge in [-0.2, -0.15) is 23.0 Å². The van der Waals surface area contributed by atoms with E-state index in [0.717, 1.165) is 35.5 Å². The first-order valence-corrected chi connectivity index (χ1v) is 9.95. The van der Waals surface area contributed by atoms with Crippen LogP contribution in [-0.4, -0.2) is 46.3 Å². The molecule has 0 spiro atoms. The van der Waals surface area contributed by atoms with Crippen molar-refractivity contribution in [3.63, 3.8) is 0 Å². The molecule has 0 bridgehead atoms. The van der Waals surface area contributed by atoms with Crippen LogP contribution in [0.2, 0.25) is 5.02 Å². The maximum atomic E-state index is 12.9. The highest BCUT2D eigenvalue weighted by molar-refractivity contribution is 6.33. The predicted molar refractivity (Wildman–Crippen MR) is 112 cm³/mol. The number of alkyl halides is 3. The summed E-state index contributed by atoms with van der Waals surface area (Å²) in [5, 5.41) is 4.09. The molecular weight excluding hydrogens is 431 g/mol. The summed E-state index contributed by atoms with van der Waals surface area (Å²) in [7, 11) is 2.03. The van der Waals surface area contributed by atoms with Crippen molar-refractivity contribution in [2.24, 2.45) is 0 Å². The summed E-state index contributed by atoms with van der Waals surface area (Å²) < 4.78 is 39.2. The van der Waals surface area contributed by atoms with Crippen LogP contribution >= 0.6 is 11.6 Å². The van der Waals surface area contributed by atoms with Crippen LogP contribution in [0.3, 0.4) is 0 Å². The quantitative estimate of drug-likeness (QED) is 0.609. The van der Waals surface area contributed by atoms with Gasteiger partial charge in [-0.3, -0.25) is 4.79 Å². The van der Waals surface area contributed by atoms with E-state index in [9.17, 15) is 18.0 Å². The number of piperazine rings is 1. The molecule has 31 heavy (non-hydrogen) atoms. The molecule has 0 amide bonds. The van der Waals surface area contributed by atoms with Crippen LogP contribution in [0.4, 0.5) is 18.9 Å². The predicted octanol–water partition coefficient (Wildman–Crippen LogP) is 3.79. The molecule has 0 unspecified atom stereocenters. The number of hydrogen-bond acceptors (Lipinski definition) is 5. The zero-order valence-electron chi connectivity index (χ0n) is 16.6. The molecule has 3 heterocycles.